The van der Waals surface area contributed by atoms with Crippen LogP contribution in [0.25, 0.3) is 5.65 Å². The average molecular weight is 276 g/mol. The minimum atomic E-state index is -4.41. The third kappa shape index (κ3) is 1.76. The summed E-state index contributed by atoms with van der Waals surface area (Å²) in [5.41, 5.74) is 1.20. The van der Waals surface area contributed by atoms with Gasteiger partial charge in [-0.2, -0.15) is 13.2 Å². The second-order valence-electron chi connectivity index (χ2n) is 4.20. The fraction of sp³-hybridized carbons (Fsp3) is 0.364. The first kappa shape index (κ1) is 11.8. The van der Waals surface area contributed by atoms with Crippen molar-refractivity contribution in [3.63, 3.8) is 0 Å². The predicted molar refractivity (Wildman–Crippen MR) is 60.6 cm³/mol. The van der Waals surface area contributed by atoms with E-state index in [-0.39, 0.29) is 5.02 Å². The highest BCUT2D eigenvalue weighted by atomic mass is 35.5. The second kappa shape index (κ2) is 3.86. The van der Waals surface area contributed by atoms with Gasteiger partial charge in [-0.3, -0.25) is 0 Å². The van der Waals surface area contributed by atoms with E-state index in [1.54, 1.807) is 0 Å². The molecule has 0 saturated carbocycles. The Balaban J connectivity index is 2.28. The summed E-state index contributed by atoms with van der Waals surface area (Å²) < 4.78 is 39.6. The summed E-state index contributed by atoms with van der Waals surface area (Å²) in [5, 5.41) is 3.14. The van der Waals surface area contributed by atoms with Crippen LogP contribution < -0.4 is 5.32 Å². The summed E-state index contributed by atoms with van der Waals surface area (Å²) in [4.78, 5) is 4.30. The van der Waals surface area contributed by atoms with Gasteiger partial charge in [0, 0.05) is 25.7 Å². The van der Waals surface area contributed by atoms with E-state index in [9.17, 15) is 13.2 Å². The SMILES string of the molecule is FC(F)(F)c1cc(Cl)c2nc3c(n2c1)CNCC3. The Bertz CT molecular complexity index is 618. The van der Waals surface area contributed by atoms with Crippen molar-refractivity contribution in [3.8, 4) is 0 Å². The number of alkyl halides is 3. The molecule has 2 aromatic heterocycles. The van der Waals surface area contributed by atoms with Gasteiger partial charge >= 0.3 is 6.18 Å². The molecule has 2 aromatic rings. The molecule has 1 aliphatic heterocycles. The van der Waals surface area contributed by atoms with Gasteiger partial charge in [0.25, 0.3) is 0 Å². The van der Waals surface area contributed by atoms with E-state index in [0.29, 0.717) is 18.6 Å². The monoisotopic (exact) mass is 275 g/mol. The molecule has 0 spiro atoms. The molecule has 0 aliphatic carbocycles. The third-order valence-corrected chi connectivity index (χ3v) is 3.29. The Kier molecular flexibility index (Phi) is 2.53. The minimum absolute atomic E-state index is 0.0271. The number of imidazole rings is 1. The number of aromatic nitrogens is 2. The lowest BCUT2D eigenvalue weighted by molar-refractivity contribution is -0.137. The Morgan fingerprint density at radius 3 is 2.89 bits per heavy atom. The highest BCUT2D eigenvalue weighted by molar-refractivity contribution is 6.33. The highest BCUT2D eigenvalue weighted by Crippen LogP contribution is 2.33. The standard InChI is InChI=1S/C11H9ClF3N3/c12-7-3-6(11(13,14)15)5-18-9-4-16-2-1-8(9)17-10(7)18/h3,5,16H,1-2,4H2. The molecule has 0 radical (unpaired) electrons. The van der Waals surface area contributed by atoms with Crippen molar-refractivity contribution in [2.45, 2.75) is 19.1 Å². The smallest absolute Gasteiger partial charge is 0.311 e. The molecule has 3 nitrogen and oxygen atoms in total. The number of nitrogens with one attached hydrogen (secondary N) is 1. The molecule has 0 aromatic carbocycles. The lowest BCUT2D eigenvalue weighted by Crippen LogP contribution is -2.24. The van der Waals surface area contributed by atoms with E-state index in [0.717, 1.165) is 30.2 Å². The molecular weight excluding hydrogens is 267 g/mol. The van der Waals surface area contributed by atoms with Crippen molar-refractivity contribution in [1.82, 2.24) is 14.7 Å². The van der Waals surface area contributed by atoms with Crippen LogP contribution in [0.1, 0.15) is 17.0 Å². The Labute approximate surface area is 106 Å². The van der Waals surface area contributed by atoms with Gasteiger partial charge in [-0.05, 0) is 6.07 Å². The first-order chi connectivity index (χ1) is 8.47. The zero-order valence-electron chi connectivity index (χ0n) is 9.18. The normalized spacial score (nSPS) is 16.0. The van der Waals surface area contributed by atoms with Crippen molar-refractivity contribution in [1.29, 1.82) is 0 Å². The number of halogens is 4. The van der Waals surface area contributed by atoms with Crippen LogP contribution in [0.2, 0.25) is 5.02 Å². The lowest BCUT2D eigenvalue weighted by Gasteiger charge is -2.13. The topological polar surface area (TPSA) is 29.3 Å². The highest BCUT2D eigenvalue weighted by Gasteiger charge is 2.32. The predicted octanol–water partition coefficient (Wildman–Crippen LogP) is 2.65. The molecule has 0 amide bonds. The average Bonchev–Trinajstić information content (AvgIpc) is 2.67. The van der Waals surface area contributed by atoms with Gasteiger partial charge in [0.2, 0.25) is 0 Å². The zero-order chi connectivity index (χ0) is 12.9. The molecule has 7 heteroatoms. The first-order valence-corrected chi connectivity index (χ1v) is 5.82. The van der Waals surface area contributed by atoms with Crippen LogP contribution in [0.3, 0.4) is 0 Å². The summed E-state index contributed by atoms with van der Waals surface area (Å²) >= 11 is 5.88. The van der Waals surface area contributed by atoms with E-state index in [4.69, 9.17) is 11.6 Å². The number of pyridine rings is 1. The van der Waals surface area contributed by atoms with Crippen molar-refractivity contribution in [2.75, 3.05) is 6.54 Å². The van der Waals surface area contributed by atoms with Gasteiger partial charge in [-0.15, -0.1) is 0 Å². The van der Waals surface area contributed by atoms with Gasteiger partial charge in [0.1, 0.15) is 0 Å². The fourth-order valence-electron chi connectivity index (χ4n) is 2.15. The molecular formula is C11H9ClF3N3. The molecule has 1 aliphatic rings. The van der Waals surface area contributed by atoms with Crippen molar-refractivity contribution < 1.29 is 13.2 Å². The van der Waals surface area contributed by atoms with E-state index in [1.807, 2.05) is 0 Å². The molecule has 1 N–H and O–H groups in total. The fourth-order valence-corrected chi connectivity index (χ4v) is 2.40. The largest absolute Gasteiger partial charge is 0.417 e. The maximum absolute atomic E-state index is 12.7. The molecule has 18 heavy (non-hydrogen) atoms. The number of rotatable bonds is 0. The molecule has 3 rings (SSSR count). The number of fused-ring (bicyclic) bond motifs is 3. The maximum atomic E-state index is 12.7. The van der Waals surface area contributed by atoms with Crippen molar-refractivity contribution in [2.24, 2.45) is 0 Å². The van der Waals surface area contributed by atoms with E-state index in [2.05, 4.69) is 10.3 Å². The molecule has 96 valence electrons. The van der Waals surface area contributed by atoms with Gasteiger partial charge in [0.15, 0.2) is 5.65 Å². The maximum Gasteiger partial charge on any atom is 0.417 e. The van der Waals surface area contributed by atoms with Crippen LogP contribution in [-0.2, 0) is 19.1 Å². The lowest BCUT2D eigenvalue weighted by atomic mass is 10.2. The van der Waals surface area contributed by atoms with Gasteiger partial charge in [0.05, 0.1) is 22.0 Å². The van der Waals surface area contributed by atoms with Crippen LogP contribution in [0.5, 0.6) is 0 Å². The van der Waals surface area contributed by atoms with Gasteiger partial charge in [-0.1, -0.05) is 11.6 Å². The molecule has 0 atom stereocenters. The van der Waals surface area contributed by atoms with E-state index in [1.165, 1.54) is 4.40 Å². The molecule has 0 bridgehead atoms. The summed E-state index contributed by atoms with van der Waals surface area (Å²) in [6.07, 6.45) is -2.65. The van der Waals surface area contributed by atoms with Crippen LogP contribution >= 0.6 is 11.6 Å². The summed E-state index contributed by atoms with van der Waals surface area (Å²) in [7, 11) is 0. The molecule has 0 saturated heterocycles. The Hall–Kier alpha value is -1.27. The van der Waals surface area contributed by atoms with Crippen LogP contribution in [-0.4, -0.2) is 15.9 Å². The molecule has 0 unspecified atom stereocenters. The Morgan fingerprint density at radius 2 is 2.17 bits per heavy atom. The second-order valence-corrected chi connectivity index (χ2v) is 4.61. The molecule has 0 fully saturated rings. The van der Waals surface area contributed by atoms with Crippen LogP contribution in [0.15, 0.2) is 12.3 Å². The first-order valence-electron chi connectivity index (χ1n) is 5.44. The third-order valence-electron chi connectivity index (χ3n) is 3.02. The summed E-state index contributed by atoms with van der Waals surface area (Å²) in [6.45, 7) is 1.29. The van der Waals surface area contributed by atoms with Gasteiger partial charge in [-0.25, -0.2) is 4.98 Å². The molecule has 3 heterocycles. The summed E-state index contributed by atoms with van der Waals surface area (Å²) in [5.74, 6) is 0. The van der Waals surface area contributed by atoms with E-state index >= 15 is 0 Å². The summed E-state index contributed by atoms with van der Waals surface area (Å²) in [6, 6.07) is 0.919. The van der Waals surface area contributed by atoms with E-state index < -0.39 is 11.7 Å². The zero-order valence-corrected chi connectivity index (χ0v) is 9.94. The Morgan fingerprint density at radius 1 is 1.39 bits per heavy atom. The quantitative estimate of drug-likeness (QED) is 0.801. The number of hydrogen-bond donors (Lipinski definition) is 1. The van der Waals surface area contributed by atoms with Crippen molar-refractivity contribution in [3.05, 3.63) is 34.2 Å². The van der Waals surface area contributed by atoms with Crippen molar-refractivity contribution >= 4 is 17.2 Å². The number of nitrogens with zero attached hydrogens (tertiary/aromatic N) is 2. The van der Waals surface area contributed by atoms with Gasteiger partial charge < -0.3 is 9.72 Å². The van der Waals surface area contributed by atoms with Crippen LogP contribution in [0, 0.1) is 0 Å². The number of hydrogen-bond acceptors (Lipinski definition) is 2. The van der Waals surface area contributed by atoms with Crippen LogP contribution in [0.4, 0.5) is 13.2 Å². The minimum Gasteiger partial charge on any atom is -0.311 e.